The minimum absolute atomic E-state index is 0.0118. The number of nitrogens with zero attached hydrogens (tertiary/aromatic N) is 1. The van der Waals surface area contributed by atoms with Crippen LogP contribution in [0.5, 0.6) is 5.75 Å². The number of hydrogen-bond acceptors (Lipinski definition) is 4. The van der Waals surface area contributed by atoms with Crippen LogP contribution >= 0.6 is 0 Å². The maximum atomic E-state index is 12.3. The first-order chi connectivity index (χ1) is 12.6. The molecule has 0 saturated carbocycles. The van der Waals surface area contributed by atoms with Crippen LogP contribution in [0, 0.1) is 6.92 Å². The van der Waals surface area contributed by atoms with Gasteiger partial charge in [-0.25, -0.2) is 0 Å². The number of rotatable bonds is 5. The van der Waals surface area contributed by atoms with Crippen LogP contribution in [-0.2, 0) is 9.53 Å². The minimum atomic E-state index is -0.271. The largest absolute Gasteiger partial charge is 0.497 e. The van der Waals surface area contributed by atoms with Crippen molar-refractivity contribution in [3.8, 4) is 5.75 Å². The van der Waals surface area contributed by atoms with E-state index >= 15 is 0 Å². The Kier molecular flexibility index (Phi) is 5.53. The highest BCUT2D eigenvalue weighted by Crippen LogP contribution is 2.23. The van der Waals surface area contributed by atoms with E-state index in [9.17, 15) is 9.59 Å². The number of benzene rings is 2. The zero-order valence-electron chi connectivity index (χ0n) is 14.9. The second-order valence-electron chi connectivity index (χ2n) is 6.16. The highest BCUT2D eigenvalue weighted by molar-refractivity contribution is 5.96. The summed E-state index contributed by atoms with van der Waals surface area (Å²) in [6.45, 7) is 2.60. The molecule has 0 aromatic heterocycles. The van der Waals surface area contributed by atoms with Crippen LogP contribution in [0.25, 0.3) is 0 Å². The first-order valence-corrected chi connectivity index (χ1v) is 8.48. The molecule has 2 amide bonds. The van der Waals surface area contributed by atoms with Crippen LogP contribution in [0.15, 0.2) is 48.5 Å². The van der Waals surface area contributed by atoms with E-state index in [0.717, 1.165) is 11.3 Å². The fourth-order valence-electron chi connectivity index (χ4n) is 2.91. The van der Waals surface area contributed by atoms with Gasteiger partial charge in [0.05, 0.1) is 19.8 Å². The van der Waals surface area contributed by atoms with Gasteiger partial charge in [-0.1, -0.05) is 24.3 Å². The Morgan fingerprint density at radius 1 is 1.27 bits per heavy atom. The molecule has 0 bridgehead atoms. The number of amides is 2. The predicted molar refractivity (Wildman–Crippen MR) is 98.6 cm³/mol. The van der Waals surface area contributed by atoms with Crippen LogP contribution in [0.3, 0.4) is 0 Å². The molecule has 0 aliphatic carbocycles. The number of carbonyl (C=O) groups excluding carboxylic acids is 2. The van der Waals surface area contributed by atoms with Crippen molar-refractivity contribution >= 4 is 17.5 Å². The van der Waals surface area contributed by atoms with Crippen LogP contribution in [0.1, 0.15) is 15.9 Å². The lowest BCUT2D eigenvalue weighted by atomic mass is 10.1. The second-order valence-corrected chi connectivity index (χ2v) is 6.16. The number of morpholine rings is 1. The van der Waals surface area contributed by atoms with Crippen molar-refractivity contribution < 1.29 is 19.1 Å². The van der Waals surface area contributed by atoms with Gasteiger partial charge in [0.15, 0.2) is 0 Å². The lowest BCUT2D eigenvalue weighted by molar-refractivity contribution is -0.129. The lowest BCUT2D eigenvalue weighted by Crippen LogP contribution is -2.50. The molecule has 6 nitrogen and oxygen atoms in total. The Balaban J connectivity index is 1.64. The Labute approximate surface area is 152 Å². The van der Waals surface area contributed by atoms with E-state index in [4.69, 9.17) is 9.47 Å². The van der Waals surface area contributed by atoms with Crippen LogP contribution < -0.4 is 15.0 Å². The number of nitrogens with one attached hydrogen (secondary N) is 1. The number of carbonyl (C=O) groups is 2. The van der Waals surface area contributed by atoms with Crippen LogP contribution in [-0.4, -0.2) is 44.7 Å². The Morgan fingerprint density at radius 2 is 2.08 bits per heavy atom. The third kappa shape index (κ3) is 4.03. The van der Waals surface area contributed by atoms with E-state index < -0.39 is 0 Å². The molecule has 1 aliphatic rings. The summed E-state index contributed by atoms with van der Waals surface area (Å²) >= 11 is 0. The third-order valence-corrected chi connectivity index (χ3v) is 4.37. The predicted octanol–water partition coefficient (Wildman–Crippen LogP) is 2.17. The fourth-order valence-corrected chi connectivity index (χ4v) is 2.91. The molecule has 1 aliphatic heterocycles. The third-order valence-electron chi connectivity index (χ3n) is 4.37. The fraction of sp³-hybridized carbons (Fsp3) is 0.300. The van der Waals surface area contributed by atoms with Crippen molar-refractivity contribution in [2.45, 2.75) is 13.0 Å². The lowest BCUT2D eigenvalue weighted by Gasteiger charge is -2.33. The monoisotopic (exact) mass is 354 g/mol. The smallest absolute Gasteiger partial charge is 0.253 e. The second kappa shape index (κ2) is 8.01. The molecule has 136 valence electrons. The van der Waals surface area contributed by atoms with Gasteiger partial charge in [0, 0.05) is 23.9 Å². The molecule has 1 heterocycles. The van der Waals surface area contributed by atoms with Crippen LogP contribution in [0.2, 0.25) is 0 Å². The van der Waals surface area contributed by atoms with Gasteiger partial charge < -0.3 is 19.7 Å². The van der Waals surface area contributed by atoms with E-state index in [1.165, 1.54) is 0 Å². The van der Waals surface area contributed by atoms with Gasteiger partial charge in [-0.2, -0.15) is 0 Å². The quantitative estimate of drug-likeness (QED) is 0.894. The molecule has 1 N–H and O–H groups in total. The van der Waals surface area contributed by atoms with E-state index in [1.807, 2.05) is 49.4 Å². The van der Waals surface area contributed by atoms with E-state index in [1.54, 1.807) is 18.1 Å². The van der Waals surface area contributed by atoms with Gasteiger partial charge in [-0.3, -0.25) is 9.59 Å². The van der Waals surface area contributed by atoms with Crippen LogP contribution in [0.4, 0.5) is 5.69 Å². The van der Waals surface area contributed by atoms with Gasteiger partial charge in [0.2, 0.25) is 0 Å². The summed E-state index contributed by atoms with van der Waals surface area (Å²) in [5.74, 6) is 0.433. The van der Waals surface area contributed by atoms with Crippen molar-refractivity contribution in [1.29, 1.82) is 0 Å². The molecule has 1 saturated heterocycles. The van der Waals surface area contributed by atoms with Crippen molar-refractivity contribution in [3.05, 3.63) is 59.7 Å². The van der Waals surface area contributed by atoms with E-state index in [0.29, 0.717) is 24.4 Å². The first-order valence-electron chi connectivity index (χ1n) is 8.48. The van der Waals surface area contributed by atoms with E-state index in [2.05, 4.69) is 5.32 Å². The standard InChI is InChI=1S/C20H22N2O4/c1-14-6-3-4-9-18(14)20(24)21-11-17-12-22(19(23)13-26-17)15-7-5-8-16(10-15)25-2/h3-10,17H,11-13H2,1-2H3,(H,21,24). The number of hydrogen-bond donors (Lipinski definition) is 1. The van der Waals surface area contributed by atoms with Gasteiger partial charge >= 0.3 is 0 Å². The summed E-state index contributed by atoms with van der Waals surface area (Å²) in [6.07, 6.45) is -0.271. The zero-order chi connectivity index (χ0) is 18.5. The first kappa shape index (κ1) is 17.9. The summed E-state index contributed by atoms with van der Waals surface area (Å²) in [5.41, 5.74) is 2.32. The van der Waals surface area contributed by atoms with Gasteiger partial charge in [-0.15, -0.1) is 0 Å². The van der Waals surface area contributed by atoms with Gasteiger partial charge in [-0.05, 0) is 30.7 Å². The SMILES string of the molecule is COc1cccc(N2CC(CNC(=O)c3ccccc3C)OCC2=O)c1. The van der Waals surface area contributed by atoms with Crippen molar-refractivity contribution in [3.63, 3.8) is 0 Å². The summed E-state index contributed by atoms with van der Waals surface area (Å²) in [7, 11) is 1.59. The Bertz CT molecular complexity index is 806. The molecule has 0 radical (unpaired) electrons. The summed E-state index contributed by atoms with van der Waals surface area (Å²) in [5, 5.41) is 2.89. The topological polar surface area (TPSA) is 67.9 Å². The molecule has 6 heteroatoms. The molecular formula is C20H22N2O4. The maximum Gasteiger partial charge on any atom is 0.253 e. The summed E-state index contributed by atoms with van der Waals surface area (Å²) in [4.78, 5) is 26.2. The molecule has 26 heavy (non-hydrogen) atoms. The van der Waals surface area contributed by atoms with E-state index in [-0.39, 0.29) is 24.5 Å². The molecule has 3 rings (SSSR count). The molecular weight excluding hydrogens is 332 g/mol. The number of aryl methyl sites for hydroxylation is 1. The van der Waals surface area contributed by atoms with Crippen molar-refractivity contribution in [2.75, 3.05) is 31.7 Å². The van der Waals surface area contributed by atoms with Gasteiger partial charge in [0.1, 0.15) is 12.4 Å². The Morgan fingerprint density at radius 3 is 2.85 bits per heavy atom. The molecule has 0 spiro atoms. The molecule has 2 aromatic rings. The molecule has 1 atom stereocenters. The minimum Gasteiger partial charge on any atom is -0.497 e. The van der Waals surface area contributed by atoms with Crippen molar-refractivity contribution in [1.82, 2.24) is 5.32 Å². The molecule has 2 aromatic carbocycles. The summed E-state index contributed by atoms with van der Waals surface area (Å²) in [6, 6.07) is 14.8. The number of methoxy groups -OCH3 is 1. The highest BCUT2D eigenvalue weighted by atomic mass is 16.5. The number of anilines is 1. The number of ether oxygens (including phenoxy) is 2. The average Bonchev–Trinajstić information content (AvgIpc) is 2.67. The molecule has 1 unspecified atom stereocenters. The maximum absolute atomic E-state index is 12.3. The summed E-state index contributed by atoms with van der Waals surface area (Å²) < 4.78 is 10.8. The van der Waals surface area contributed by atoms with Crippen molar-refractivity contribution in [2.24, 2.45) is 0 Å². The van der Waals surface area contributed by atoms with Gasteiger partial charge in [0.25, 0.3) is 11.8 Å². The Hall–Kier alpha value is -2.86. The zero-order valence-corrected chi connectivity index (χ0v) is 14.9. The highest BCUT2D eigenvalue weighted by Gasteiger charge is 2.28. The average molecular weight is 354 g/mol. The normalized spacial score (nSPS) is 17.1. The molecule has 1 fully saturated rings.